The molecule has 0 spiro atoms. The molecule has 1 unspecified atom stereocenters. The first-order valence-corrected chi connectivity index (χ1v) is 11.9. The van der Waals surface area contributed by atoms with Gasteiger partial charge < -0.3 is 19.5 Å². The number of imide groups is 1. The van der Waals surface area contributed by atoms with Crippen LogP contribution in [0.1, 0.15) is 18.9 Å². The second-order valence-corrected chi connectivity index (χ2v) is 9.04. The van der Waals surface area contributed by atoms with Crippen LogP contribution in [0.5, 0.6) is 11.5 Å². The van der Waals surface area contributed by atoms with Crippen LogP contribution in [0, 0.1) is 0 Å². The zero-order chi connectivity index (χ0) is 24.6. The summed E-state index contributed by atoms with van der Waals surface area (Å²) >= 11 is 0. The lowest BCUT2D eigenvalue weighted by atomic mass is 10.2. The van der Waals surface area contributed by atoms with Crippen LogP contribution in [-0.4, -0.2) is 52.2 Å². The van der Waals surface area contributed by atoms with Crippen LogP contribution < -0.4 is 24.8 Å². The van der Waals surface area contributed by atoms with E-state index >= 15 is 0 Å². The molecule has 3 amide bonds. The predicted octanol–water partition coefficient (Wildman–Crippen LogP) is 1.08. The lowest BCUT2D eigenvalue weighted by Crippen LogP contribution is -2.45. The SMILES string of the molecule is CC(OC(=O)CNS(=O)(=O)c1ccc2c(c1)OCCCO2)C(=O)NC(=O)NCc1ccccc1. The fourth-order valence-corrected chi connectivity index (χ4v) is 3.86. The van der Waals surface area contributed by atoms with Gasteiger partial charge in [0.25, 0.3) is 5.91 Å². The molecule has 2 aromatic rings. The zero-order valence-electron chi connectivity index (χ0n) is 18.4. The molecule has 11 nitrogen and oxygen atoms in total. The molecule has 1 aliphatic heterocycles. The van der Waals surface area contributed by atoms with Crippen molar-refractivity contribution in [1.29, 1.82) is 0 Å². The third-order valence-corrected chi connectivity index (χ3v) is 6.04. The first-order chi connectivity index (χ1) is 16.2. The van der Waals surface area contributed by atoms with Gasteiger partial charge in [0.05, 0.1) is 18.1 Å². The van der Waals surface area contributed by atoms with Gasteiger partial charge in [0.15, 0.2) is 17.6 Å². The average molecular weight is 492 g/mol. The summed E-state index contributed by atoms with van der Waals surface area (Å²) in [5, 5.41) is 4.56. The Balaban J connectivity index is 1.45. The van der Waals surface area contributed by atoms with Gasteiger partial charge in [0.1, 0.15) is 6.54 Å². The van der Waals surface area contributed by atoms with Gasteiger partial charge in [-0.25, -0.2) is 13.2 Å². The Morgan fingerprint density at radius 3 is 2.47 bits per heavy atom. The van der Waals surface area contributed by atoms with Crippen molar-refractivity contribution in [1.82, 2.24) is 15.4 Å². The Morgan fingerprint density at radius 1 is 1.03 bits per heavy atom. The summed E-state index contributed by atoms with van der Waals surface area (Å²) in [6, 6.07) is 12.4. The monoisotopic (exact) mass is 491 g/mol. The maximum atomic E-state index is 12.5. The van der Waals surface area contributed by atoms with Gasteiger partial charge in [-0.15, -0.1) is 0 Å². The number of nitrogens with one attached hydrogen (secondary N) is 3. The first-order valence-electron chi connectivity index (χ1n) is 10.5. The highest BCUT2D eigenvalue weighted by atomic mass is 32.2. The predicted molar refractivity (Wildman–Crippen MR) is 120 cm³/mol. The number of carbonyl (C=O) groups excluding carboxylic acids is 3. The number of rotatable bonds is 8. The van der Waals surface area contributed by atoms with Crippen molar-refractivity contribution >= 4 is 27.9 Å². The molecule has 2 aromatic carbocycles. The van der Waals surface area contributed by atoms with Crippen LogP contribution in [0.2, 0.25) is 0 Å². The number of sulfonamides is 1. The molecule has 1 atom stereocenters. The van der Waals surface area contributed by atoms with Gasteiger partial charge >= 0.3 is 12.0 Å². The summed E-state index contributed by atoms with van der Waals surface area (Å²) in [6.07, 6.45) is -0.654. The molecule has 0 fully saturated rings. The van der Waals surface area contributed by atoms with E-state index in [1.54, 1.807) is 12.1 Å². The number of ether oxygens (including phenoxy) is 3. The maximum Gasteiger partial charge on any atom is 0.321 e. The van der Waals surface area contributed by atoms with Crippen LogP contribution in [0.3, 0.4) is 0 Å². The number of urea groups is 1. The fourth-order valence-electron chi connectivity index (χ4n) is 2.88. The Labute approximate surface area is 196 Å². The average Bonchev–Trinajstić information content (AvgIpc) is 3.07. The number of amides is 3. The van der Waals surface area contributed by atoms with Crippen LogP contribution in [0.25, 0.3) is 0 Å². The Bertz CT molecular complexity index is 1140. The minimum atomic E-state index is -4.06. The molecule has 1 aliphatic rings. The highest BCUT2D eigenvalue weighted by Gasteiger charge is 2.23. The minimum Gasteiger partial charge on any atom is -0.490 e. The van der Waals surface area contributed by atoms with Crippen LogP contribution in [-0.2, 0) is 30.9 Å². The highest BCUT2D eigenvalue weighted by molar-refractivity contribution is 7.89. The van der Waals surface area contributed by atoms with Gasteiger partial charge in [0.2, 0.25) is 10.0 Å². The number of benzene rings is 2. The van der Waals surface area contributed by atoms with Crippen molar-refractivity contribution in [3.05, 3.63) is 54.1 Å². The second kappa shape index (κ2) is 11.5. The smallest absolute Gasteiger partial charge is 0.321 e. The first kappa shape index (κ1) is 25.0. The van der Waals surface area contributed by atoms with Crippen molar-refractivity contribution in [2.24, 2.45) is 0 Å². The van der Waals surface area contributed by atoms with Crippen LogP contribution in [0.4, 0.5) is 4.79 Å². The Morgan fingerprint density at radius 2 is 1.74 bits per heavy atom. The van der Waals surface area contributed by atoms with Crippen molar-refractivity contribution in [2.45, 2.75) is 30.9 Å². The zero-order valence-corrected chi connectivity index (χ0v) is 19.2. The summed E-state index contributed by atoms with van der Waals surface area (Å²) in [5.41, 5.74) is 0.838. The lowest BCUT2D eigenvalue weighted by Gasteiger charge is -2.14. The number of hydrogen-bond acceptors (Lipinski definition) is 8. The summed E-state index contributed by atoms with van der Waals surface area (Å²) in [4.78, 5) is 35.9. The van der Waals surface area contributed by atoms with E-state index in [0.717, 1.165) is 5.56 Å². The van der Waals surface area contributed by atoms with E-state index < -0.39 is 40.6 Å². The molecular weight excluding hydrogens is 466 g/mol. The van der Waals surface area contributed by atoms with Crippen molar-refractivity contribution in [2.75, 3.05) is 19.8 Å². The molecule has 3 rings (SSSR count). The van der Waals surface area contributed by atoms with Gasteiger partial charge in [-0.2, -0.15) is 4.72 Å². The Hall–Kier alpha value is -3.64. The molecule has 34 heavy (non-hydrogen) atoms. The summed E-state index contributed by atoms with van der Waals surface area (Å²) in [7, 11) is -4.06. The molecule has 3 N–H and O–H groups in total. The van der Waals surface area contributed by atoms with E-state index in [2.05, 4.69) is 15.4 Å². The number of hydrogen-bond donors (Lipinski definition) is 3. The molecule has 0 bridgehead atoms. The molecule has 0 radical (unpaired) electrons. The van der Waals surface area contributed by atoms with E-state index in [-0.39, 0.29) is 11.4 Å². The van der Waals surface area contributed by atoms with E-state index in [4.69, 9.17) is 14.2 Å². The molecular formula is C22H25N3O8S. The van der Waals surface area contributed by atoms with Crippen molar-refractivity contribution in [3.63, 3.8) is 0 Å². The van der Waals surface area contributed by atoms with E-state index in [9.17, 15) is 22.8 Å². The normalized spacial score (nSPS) is 13.8. The van der Waals surface area contributed by atoms with Gasteiger partial charge in [0, 0.05) is 19.0 Å². The number of esters is 1. The minimum absolute atomic E-state index is 0.120. The molecule has 0 aromatic heterocycles. The quantitative estimate of drug-likeness (QED) is 0.465. The van der Waals surface area contributed by atoms with Crippen molar-refractivity contribution < 1.29 is 37.0 Å². The highest BCUT2D eigenvalue weighted by Crippen LogP contribution is 2.31. The largest absolute Gasteiger partial charge is 0.490 e. The second-order valence-electron chi connectivity index (χ2n) is 7.27. The van der Waals surface area contributed by atoms with E-state index in [1.165, 1.54) is 25.1 Å². The maximum absolute atomic E-state index is 12.5. The third-order valence-electron chi connectivity index (χ3n) is 4.65. The molecule has 182 valence electrons. The van der Waals surface area contributed by atoms with Crippen LogP contribution >= 0.6 is 0 Å². The summed E-state index contributed by atoms with van der Waals surface area (Å²) < 4.78 is 43.0. The molecule has 12 heteroatoms. The summed E-state index contributed by atoms with van der Waals surface area (Å²) in [5.74, 6) is -1.13. The number of fused-ring (bicyclic) bond motifs is 1. The van der Waals surface area contributed by atoms with Crippen LogP contribution in [0.15, 0.2) is 53.4 Å². The van der Waals surface area contributed by atoms with Gasteiger partial charge in [-0.3, -0.25) is 14.9 Å². The molecule has 0 aliphatic carbocycles. The standard InChI is InChI=1S/C22H25N3O8S/c1-15(21(27)25-22(28)23-13-16-6-3-2-4-7-16)33-20(26)14-24-34(29,30)17-8-9-18-19(12-17)32-11-5-10-31-18/h2-4,6-9,12,15,24H,5,10-11,13-14H2,1H3,(H2,23,25,27,28). The molecule has 0 saturated carbocycles. The summed E-state index contributed by atoms with van der Waals surface area (Å²) in [6.45, 7) is 1.60. The van der Waals surface area contributed by atoms with E-state index in [0.29, 0.717) is 31.1 Å². The van der Waals surface area contributed by atoms with Crippen molar-refractivity contribution in [3.8, 4) is 11.5 Å². The molecule has 0 saturated heterocycles. The van der Waals surface area contributed by atoms with Gasteiger partial charge in [-0.1, -0.05) is 30.3 Å². The molecule has 1 heterocycles. The Kier molecular flexibility index (Phi) is 8.44. The lowest BCUT2D eigenvalue weighted by molar-refractivity contribution is -0.153. The topological polar surface area (TPSA) is 149 Å². The number of carbonyl (C=O) groups is 3. The van der Waals surface area contributed by atoms with E-state index in [1.807, 2.05) is 18.2 Å². The third kappa shape index (κ3) is 7.18. The fraction of sp³-hybridized carbons (Fsp3) is 0.318. The van der Waals surface area contributed by atoms with Gasteiger partial charge in [-0.05, 0) is 24.6 Å².